The SMILES string of the molecule is CC(=O)c1ccc(N(c2ccccc2)c2ccc(C)cc2)cc1. The Labute approximate surface area is 137 Å². The molecule has 3 aromatic carbocycles. The molecule has 0 heterocycles. The van der Waals surface area contributed by atoms with Gasteiger partial charge in [-0.3, -0.25) is 4.79 Å². The van der Waals surface area contributed by atoms with E-state index in [4.69, 9.17) is 0 Å². The summed E-state index contributed by atoms with van der Waals surface area (Å²) >= 11 is 0. The Hall–Kier alpha value is -2.87. The lowest BCUT2D eigenvalue weighted by Crippen LogP contribution is -2.10. The van der Waals surface area contributed by atoms with E-state index in [-0.39, 0.29) is 5.78 Å². The van der Waals surface area contributed by atoms with Crippen LogP contribution in [-0.2, 0) is 0 Å². The van der Waals surface area contributed by atoms with Crippen molar-refractivity contribution in [2.75, 3.05) is 4.90 Å². The second kappa shape index (κ2) is 6.49. The third-order valence-electron chi connectivity index (χ3n) is 3.84. The summed E-state index contributed by atoms with van der Waals surface area (Å²) in [6, 6.07) is 26.4. The molecule has 0 atom stereocenters. The maximum atomic E-state index is 11.5. The molecule has 0 aliphatic heterocycles. The van der Waals surface area contributed by atoms with E-state index in [1.165, 1.54) is 5.56 Å². The van der Waals surface area contributed by atoms with Gasteiger partial charge in [-0.05, 0) is 62.4 Å². The molecule has 0 unspecified atom stereocenters. The standard InChI is InChI=1S/C21H19NO/c1-16-8-12-20(13-9-16)22(19-6-4-3-5-7-19)21-14-10-18(11-15-21)17(2)23/h3-15H,1-2H3. The highest BCUT2D eigenvalue weighted by Crippen LogP contribution is 2.34. The van der Waals surface area contributed by atoms with Crippen LogP contribution in [0.3, 0.4) is 0 Å². The van der Waals surface area contributed by atoms with Crippen molar-refractivity contribution in [3.05, 3.63) is 90.0 Å². The molecule has 0 saturated heterocycles. The van der Waals surface area contributed by atoms with Gasteiger partial charge >= 0.3 is 0 Å². The molecule has 2 heteroatoms. The van der Waals surface area contributed by atoms with Crippen LogP contribution < -0.4 is 4.90 Å². The number of anilines is 3. The van der Waals surface area contributed by atoms with E-state index in [0.717, 1.165) is 22.6 Å². The normalized spacial score (nSPS) is 10.3. The van der Waals surface area contributed by atoms with Crippen LogP contribution in [0.25, 0.3) is 0 Å². The van der Waals surface area contributed by atoms with E-state index in [1.807, 2.05) is 42.5 Å². The monoisotopic (exact) mass is 301 g/mol. The zero-order valence-corrected chi connectivity index (χ0v) is 13.4. The first kappa shape index (κ1) is 15.0. The van der Waals surface area contributed by atoms with Crippen molar-refractivity contribution in [3.63, 3.8) is 0 Å². The molecule has 0 amide bonds. The Morgan fingerprint density at radius 1 is 0.696 bits per heavy atom. The van der Waals surface area contributed by atoms with E-state index in [0.29, 0.717) is 0 Å². The first-order valence-electron chi connectivity index (χ1n) is 7.68. The predicted molar refractivity (Wildman–Crippen MR) is 95.9 cm³/mol. The molecule has 3 rings (SSSR count). The molecule has 0 fully saturated rings. The van der Waals surface area contributed by atoms with E-state index < -0.39 is 0 Å². The summed E-state index contributed by atoms with van der Waals surface area (Å²) in [6.45, 7) is 3.67. The van der Waals surface area contributed by atoms with Gasteiger partial charge < -0.3 is 4.90 Å². The van der Waals surface area contributed by atoms with Crippen LogP contribution in [0.2, 0.25) is 0 Å². The van der Waals surface area contributed by atoms with Crippen molar-refractivity contribution in [2.24, 2.45) is 0 Å². The molecule has 0 aliphatic rings. The Balaban J connectivity index is 2.08. The van der Waals surface area contributed by atoms with E-state index >= 15 is 0 Å². The number of Topliss-reactive ketones (excluding diaryl/α,β-unsaturated/α-hetero) is 1. The summed E-state index contributed by atoms with van der Waals surface area (Å²) in [5, 5.41) is 0. The number of carbonyl (C=O) groups excluding carboxylic acids is 1. The van der Waals surface area contributed by atoms with Gasteiger partial charge in [-0.25, -0.2) is 0 Å². The molecular weight excluding hydrogens is 282 g/mol. The molecule has 0 radical (unpaired) electrons. The number of ketones is 1. The number of aryl methyl sites for hydroxylation is 1. The minimum absolute atomic E-state index is 0.0816. The number of hydrogen-bond donors (Lipinski definition) is 0. The van der Waals surface area contributed by atoms with Gasteiger partial charge in [0, 0.05) is 22.6 Å². The molecule has 23 heavy (non-hydrogen) atoms. The quantitative estimate of drug-likeness (QED) is 0.579. The summed E-state index contributed by atoms with van der Waals surface area (Å²) < 4.78 is 0. The summed E-state index contributed by atoms with van der Waals surface area (Å²) in [7, 11) is 0. The van der Waals surface area contributed by atoms with Crippen molar-refractivity contribution in [1.29, 1.82) is 0 Å². The highest BCUT2D eigenvalue weighted by molar-refractivity contribution is 5.94. The Morgan fingerprint density at radius 3 is 1.70 bits per heavy atom. The average molecular weight is 301 g/mol. The van der Waals surface area contributed by atoms with Crippen molar-refractivity contribution in [2.45, 2.75) is 13.8 Å². The van der Waals surface area contributed by atoms with Crippen LogP contribution in [0.5, 0.6) is 0 Å². The van der Waals surface area contributed by atoms with E-state index in [1.54, 1.807) is 6.92 Å². The van der Waals surface area contributed by atoms with Gasteiger partial charge in [-0.15, -0.1) is 0 Å². The molecular formula is C21H19NO. The van der Waals surface area contributed by atoms with Gasteiger partial charge in [0.2, 0.25) is 0 Å². The van der Waals surface area contributed by atoms with Gasteiger partial charge in [0.25, 0.3) is 0 Å². The summed E-state index contributed by atoms with van der Waals surface area (Å²) in [6.07, 6.45) is 0. The maximum absolute atomic E-state index is 11.5. The molecule has 0 N–H and O–H groups in total. The van der Waals surface area contributed by atoms with E-state index in [2.05, 4.69) is 48.2 Å². The van der Waals surface area contributed by atoms with Gasteiger partial charge in [0.15, 0.2) is 5.78 Å². The highest BCUT2D eigenvalue weighted by atomic mass is 16.1. The summed E-state index contributed by atoms with van der Waals surface area (Å²) in [5.41, 5.74) is 5.17. The molecule has 3 aromatic rings. The average Bonchev–Trinajstić information content (AvgIpc) is 2.58. The lowest BCUT2D eigenvalue weighted by molar-refractivity contribution is 0.101. The molecule has 0 aromatic heterocycles. The summed E-state index contributed by atoms with van der Waals surface area (Å²) in [4.78, 5) is 13.7. The fourth-order valence-corrected chi connectivity index (χ4v) is 2.56. The van der Waals surface area contributed by atoms with Crippen LogP contribution in [0, 0.1) is 6.92 Å². The van der Waals surface area contributed by atoms with Gasteiger partial charge in [0.05, 0.1) is 0 Å². The summed E-state index contributed by atoms with van der Waals surface area (Å²) in [5.74, 6) is 0.0816. The van der Waals surface area contributed by atoms with Crippen molar-refractivity contribution in [3.8, 4) is 0 Å². The van der Waals surface area contributed by atoms with Crippen LogP contribution in [0.4, 0.5) is 17.1 Å². The van der Waals surface area contributed by atoms with Crippen LogP contribution in [0.1, 0.15) is 22.8 Å². The Morgan fingerprint density at radius 2 is 1.17 bits per heavy atom. The first-order valence-corrected chi connectivity index (χ1v) is 7.68. The molecule has 0 aliphatic carbocycles. The highest BCUT2D eigenvalue weighted by Gasteiger charge is 2.12. The smallest absolute Gasteiger partial charge is 0.159 e. The van der Waals surface area contributed by atoms with Gasteiger partial charge in [0.1, 0.15) is 0 Å². The molecule has 2 nitrogen and oxygen atoms in total. The Kier molecular flexibility index (Phi) is 4.24. The van der Waals surface area contributed by atoms with Crippen LogP contribution >= 0.6 is 0 Å². The topological polar surface area (TPSA) is 20.3 Å². The lowest BCUT2D eigenvalue weighted by atomic mass is 10.1. The maximum Gasteiger partial charge on any atom is 0.159 e. The number of carbonyl (C=O) groups is 1. The van der Waals surface area contributed by atoms with Crippen molar-refractivity contribution >= 4 is 22.8 Å². The van der Waals surface area contributed by atoms with Gasteiger partial charge in [-0.1, -0.05) is 35.9 Å². The minimum Gasteiger partial charge on any atom is -0.311 e. The zero-order valence-electron chi connectivity index (χ0n) is 13.4. The van der Waals surface area contributed by atoms with Crippen LogP contribution in [0.15, 0.2) is 78.9 Å². The molecule has 0 spiro atoms. The fraction of sp³-hybridized carbons (Fsp3) is 0.0952. The van der Waals surface area contributed by atoms with Crippen molar-refractivity contribution < 1.29 is 4.79 Å². The molecule has 114 valence electrons. The molecule has 0 bridgehead atoms. The number of para-hydroxylation sites is 1. The largest absolute Gasteiger partial charge is 0.311 e. The minimum atomic E-state index is 0.0816. The third kappa shape index (κ3) is 3.32. The number of benzene rings is 3. The van der Waals surface area contributed by atoms with Crippen LogP contribution in [-0.4, -0.2) is 5.78 Å². The Bertz CT molecular complexity index is 790. The number of rotatable bonds is 4. The molecule has 0 saturated carbocycles. The first-order chi connectivity index (χ1) is 11.1. The second-order valence-electron chi connectivity index (χ2n) is 5.61. The zero-order chi connectivity index (χ0) is 16.2. The fourth-order valence-electron chi connectivity index (χ4n) is 2.56. The number of nitrogens with zero attached hydrogens (tertiary/aromatic N) is 1. The van der Waals surface area contributed by atoms with Gasteiger partial charge in [-0.2, -0.15) is 0 Å². The lowest BCUT2D eigenvalue weighted by Gasteiger charge is -2.25. The van der Waals surface area contributed by atoms with Crippen molar-refractivity contribution in [1.82, 2.24) is 0 Å². The van der Waals surface area contributed by atoms with E-state index in [9.17, 15) is 4.79 Å². The number of hydrogen-bond acceptors (Lipinski definition) is 2. The third-order valence-corrected chi connectivity index (χ3v) is 3.84. The predicted octanol–water partition coefficient (Wildman–Crippen LogP) is 5.67. The second-order valence-corrected chi connectivity index (χ2v) is 5.61.